The van der Waals surface area contributed by atoms with Crippen LogP contribution in [-0.2, 0) is 16.0 Å². The van der Waals surface area contributed by atoms with E-state index in [0.29, 0.717) is 19.4 Å². The quantitative estimate of drug-likeness (QED) is 0.853. The second-order valence-electron chi connectivity index (χ2n) is 4.75. The summed E-state index contributed by atoms with van der Waals surface area (Å²) in [6.45, 7) is 1.45. The normalized spacial score (nSPS) is 18.3. The summed E-state index contributed by atoms with van der Waals surface area (Å²) in [6, 6.07) is 7.80. The molecule has 1 aromatic carbocycles. The Labute approximate surface area is 114 Å². The van der Waals surface area contributed by atoms with Gasteiger partial charge in [0.1, 0.15) is 5.75 Å². The number of carbonyl (C=O) groups is 1. The maximum Gasteiger partial charge on any atom is 0.220 e. The lowest BCUT2D eigenvalue weighted by Gasteiger charge is -2.11. The first-order valence-electron chi connectivity index (χ1n) is 6.80. The fraction of sp³-hybridized carbons (Fsp3) is 0.533. The van der Waals surface area contributed by atoms with Gasteiger partial charge in [-0.1, -0.05) is 18.2 Å². The molecule has 4 nitrogen and oxygen atoms in total. The Kier molecular flexibility index (Phi) is 5.21. The minimum Gasteiger partial charge on any atom is -0.496 e. The zero-order chi connectivity index (χ0) is 13.5. The number of aryl methyl sites for hydroxylation is 1. The molecule has 0 spiro atoms. The molecule has 0 aromatic heterocycles. The SMILES string of the molecule is COc1ccccc1CCC(=O)NCC1CCCO1. The minimum atomic E-state index is 0.0707. The van der Waals surface area contributed by atoms with Crippen molar-refractivity contribution in [3.05, 3.63) is 29.8 Å². The third-order valence-corrected chi connectivity index (χ3v) is 3.36. The van der Waals surface area contributed by atoms with Gasteiger partial charge in [-0.2, -0.15) is 0 Å². The van der Waals surface area contributed by atoms with Crippen LogP contribution in [0.5, 0.6) is 5.75 Å². The van der Waals surface area contributed by atoms with E-state index in [1.165, 1.54) is 0 Å². The first kappa shape index (κ1) is 13.9. The summed E-state index contributed by atoms with van der Waals surface area (Å²) in [4.78, 5) is 11.8. The molecule has 104 valence electrons. The molecule has 0 radical (unpaired) electrons. The number of hydrogen-bond donors (Lipinski definition) is 1. The van der Waals surface area contributed by atoms with E-state index in [2.05, 4.69) is 5.32 Å². The van der Waals surface area contributed by atoms with Crippen LogP contribution in [0.1, 0.15) is 24.8 Å². The van der Waals surface area contributed by atoms with Crippen molar-refractivity contribution in [1.82, 2.24) is 5.32 Å². The summed E-state index contributed by atoms with van der Waals surface area (Å²) < 4.78 is 10.7. The van der Waals surface area contributed by atoms with Crippen LogP contribution in [0.25, 0.3) is 0 Å². The van der Waals surface area contributed by atoms with Gasteiger partial charge in [-0.3, -0.25) is 4.79 Å². The molecule has 4 heteroatoms. The highest BCUT2D eigenvalue weighted by atomic mass is 16.5. The summed E-state index contributed by atoms with van der Waals surface area (Å²) >= 11 is 0. The van der Waals surface area contributed by atoms with E-state index in [0.717, 1.165) is 30.8 Å². The Hall–Kier alpha value is -1.55. The second-order valence-corrected chi connectivity index (χ2v) is 4.75. The third kappa shape index (κ3) is 4.24. The molecule has 1 aliphatic heterocycles. The van der Waals surface area contributed by atoms with Crippen LogP contribution in [0, 0.1) is 0 Å². The average Bonchev–Trinajstić information content (AvgIpc) is 2.96. The lowest BCUT2D eigenvalue weighted by molar-refractivity contribution is -0.121. The Balaban J connectivity index is 1.73. The van der Waals surface area contributed by atoms with E-state index in [1.807, 2.05) is 24.3 Å². The van der Waals surface area contributed by atoms with Crippen LogP contribution in [0.2, 0.25) is 0 Å². The lowest BCUT2D eigenvalue weighted by atomic mass is 10.1. The van der Waals surface area contributed by atoms with Gasteiger partial charge in [-0.25, -0.2) is 0 Å². The molecule has 1 amide bonds. The topological polar surface area (TPSA) is 47.6 Å². The maximum absolute atomic E-state index is 11.8. The first-order valence-corrected chi connectivity index (χ1v) is 6.80. The van der Waals surface area contributed by atoms with Crippen LogP contribution in [-0.4, -0.2) is 32.3 Å². The molecule has 1 atom stereocenters. The smallest absolute Gasteiger partial charge is 0.220 e. The zero-order valence-electron chi connectivity index (χ0n) is 11.4. The fourth-order valence-electron chi connectivity index (χ4n) is 2.28. The van der Waals surface area contributed by atoms with Crippen molar-refractivity contribution in [2.75, 3.05) is 20.3 Å². The van der Waals surface area contributed by atoms with Crippen LogP contribution >= 0.6 is 0 Å². The van der Waals surface area contributed by atoms with Crippen molar-refractivity contribution in [3.8, 4) is 5.75 Å². The van der Waals surface area contributed by atoms with Crippen LogP contribution in [0.4, 0.5) is 0 Å². The number of rotatable bonds is 6. The summed E-state index contributed by atoms with van der Waals surface area (Å²) in [5.41, 5.74) is 1.07. The van der Waals surface area contributed by atoms with Gasteiger partial charge in [0.05, 0.1) is 13.2 Å². The molecular weight excluding hydrogens is 242 g/mol. The molecule has 1 fully saturated rings. The van der Waals surface area contributed by atoms with E-state index in [9.17, 15) is 4.79 Å². The third-order valence-electron chi connectivity index (χ3n) is 3.36. The first-order chi connectivity index (χ1) is 9.29. The molecule has 19 heavy (non-hydrogen) atoms. The molecule has 1 aromatic rings. The largest absolute Gasteiger partial charge is 0.496 e. The summed E-state index contributed by atoms with van der Waals surface area (Å²) in [5.74, 6) is 0.913. The molecule has 1 N–H and O–H groups in total. The van der Waals surface area contributed by atoms with E-state index >= 15 is 0 Å². The lowest BCUT2D eigenvalue weighted by Crippen LogP contribution is -2.31. The summed E-state index contributed by atoms with van der Waals surface area (Å²) in [7, 11) is 1.65. The van der Waals surface area contributed by atoms with Crippen molar-refractivity contribution >= 4 is 5.91 Å². The Morgan fingerprint density at radius 3 is 3.05 bits per heavy atom. The molecular formula is C15H21NO3. The Bertz CT molecular complexity index is 414. The van der Waals surface area contributed by atoms with E-state index in [1.54, 1.807) is 7.11 Å². The van der Waals surface area contributed by atoms with Crippen molar-refractivity contribution in [2.45, 2.75) is 31.8 Å². The van der Waals surface area contributed by atoms with Crippen LogP contribution < -0.4 is 10.1 Å². The number of amides is 1. The zero-order valence-corrected chi connectivity index (χ0v) is 11.4. The molecule has 1 unspecified atom stereocenters. The minimum absolute atomic E-state index is 0.0707. The van der Waals surface area contributed by atoms with Crippen molar-refractivity contribution in [2.24, 2.45) is 0 Å². The number of para-hydroxylation sites is 1. The molecule has 0 bridgehead atoms. The number of benzene rings is 1. The van der Waals surface area contributed by atoms with Gasteiger partial charge in [0.15, 0.2) is 0 Å². The highest BCUT2D eigenvalue weighted by Gasteiger charge is 2.16. The predicted molar refractivity (Wildman–Crippen MR) is 73.3 cm³/mol. The van der Waals surface area contributed by atoms with E-state index < -0.39 is 0 Å². The van der Waals surface area contributed by atoms with Crippen LogP contribution in [0.15, 0.2) is 24.3 Å². The molecule has 1 aliphatic rings. The maximum atomic E-state index is 11.8. The van der Waals surface area contributed by atoms with Gasteiger partial charge in [-0.05, 0) is 30.9 Å². The van der Waals surface area contributed by atoms with Gasteiger partial charge in [0.2, 0.25) is 5.91 Å². The molecule has 2 rings (SSSR count). The predicted octanol–water partition coefficient (Wildman–Crippen LogP) is 1.92. The summed E-state index contributed by atoms with van der Waals surface area (Å²) in [5, 5.41) is 2.93. The van der Waals surface area contributed by atoms with Gasteiger partial charge in [0.25, 0.3) is 0 Å². The number of methoxy groups -OCH3 is 1. The average molecular weight is 263 g/mol. The van der Waals surface area contributed by atoms with Crippen molar-refractivity contribution in [1.29, 1.82) is 0 Å². The monoisotopic (exact) mass is 263 g/mol. The molecule has 0 aliphatic carbocycles. The molecule has 1 saturated heterocycles. The highest BCUT2D eigenvalue weighted by molar-refractivity contribution is 5.76. The van der Waals surface area contributed by atoms with Crippen molar-refractivity contribution < 1.29 is 14.3 Å². The van der Waals surface area contributed by atoms with E-state index in [-0.39, 0.29) is 12.0 Å². The number of hydrogen-bond acceptors (Lipinski definition) is 3. The standard InChI is InChI=1S/C15H21NO3/c1-18-14-7-3-2-5-12(14)8-9-15(17)16-11-13-6-4-10-19-13/h2-3,5,7,13H,4,6,8-11H2,1H3,(H,16,17). The van der Waals surface area contributed by atoms with Gasteiger partial charge >= 0.3 is 0 Å². The highest BCUT2D eigenvalue weighted by Crippen LogP contribution is 2.18. The van der Waals surface area contributed by atoms with Crippen LogP contribution in [0.3, 0.4) is 0 Å². The van der Waals surface area contributed by atoms with Gasteiger partial charge in [0, 0.05) is 19.6 Å². The van der Waals surface area contributed by atoms with Gasteiger partial charge in [-0.15, -0.1) is 0 Å². The van der Waals surface area contributed by atoms with Gasteiger partial charge < -0.3 is 14.8 Å². The number of nitrogens with one attached hydrogen (secondary N) is 1. The second kappa shape index (κ2) is 7.14. The molecule has 1 heterocycles. The van der Waals surface area contributed by atoms with Crippen molar-refractivity contribution in [3.63, 3.8) is 0 Å². The number of ether oxygens (including phenoxy) is 2. The Morgan fingerprint density at radius 1 is 1.47 bits per heavy atom. The van der Waals surface area contributed by atoms with E-state index in [4.69, 9.17) is 9.47 Å². The summed E-state index contributed by atoms with van der Waals surface area (Å²) in [6.07, 6.45) is 3.53. The molecule has 0 saturated carbocycles. The number of carbonyl (C=O) groups excluding carboxylic acids is 1. The fourth-order valence-corrected chi connectivity index (χ4v) is 2.28. The Morgan fingerprint density at radius 2 is 2.32 bits per heavy atom.